The molecule has 0 saturated heterocycles. The number of likely N-dealkylation sites (N-methyl/N-ethyl adjacent to an activating group) is 1. The number of amides is 1. The Balaban J connectivity index is 1.81. The fourth-order valence-electron chi connectivity index (χ4n) is 2.20. The predicted octanol–water partition coefficient (Wildman–Crippen LogP) is 0.879. The zero-order valence-corrected chi connectivity index (χ0v) is 9.62. The fourth-order valence-corrected chi connectivity index (χ4v) is 2.20. The van der Waals surface area contributed by atoms with E-state index < -0.39 is 0 Å². The van der Waals surface area contributed by atoms with Crippen molar-refractivity contribution in [1.29, 1.82) is 0 Å². The van der Waals surface area contributed by atoms with Gasteiger partial charge >= 0.3 is 0 Å². The maximum atomic E-state index is 11.3. The van der Waals surface area contributed by atoms with E-state index in [1.807, 2.05) is 6.92 Å². The number of hydrogen-bond donors (Lipinski definition) is 2. The van der Waals surface area contributed by atoms with E-state index >= 15 is 0 Å². The molecule has 1 amide bonds. The Hall–Kier alpha value is -1.35. The SMILES string of the molecule is CCNC(=O)CNC1Cc2ccccc2C1. The van der Waals surface area contributed by atoms with Crippen LogP contribution in [0.15, 0.2) is 24.3 Å². The first-order valence-corrected chi connectivity index (χ1v) is 5.86. The molecule has 86 valence electrons. The average Bonchev–Trinajstić information content (AvgIpc) is 2.69. The highest BCUT2D eigenvalue weighted by atomic mass is 16.1. The van der Waals surface area contributed by atoms with Crippen molar-refractivity contribution in [3.05, 3.63) is 35.4 Å². The number of nitrogens with one attached hydrogen (secondary N) is 2. The van der Waals surface area contributed by atoms with E-state index in [4.69, 9.17) is 0 Å². The van der Waals surface area contributed by atoms with Crippen LogP contribution in [0.2, 0.25) is 0 Å². The topological polar surface area (TPSA) is 41.1 Å². The maximum Gasteiger partial charge on any atom is 0.233 e. The predicted molar refractivity (Wildman–Crippen MR) is 64.3 cm³/mol. The summed E-state index contributed by atoms with van der Waals surface area (Å²) >= 11 is 0. The van der Waals surface area contributed by atoms with Crippen LogP contribution in [0.4, 0.5) is 0 Å². The van der Waals surface area contributed by atoms with Gasteiger partial charge in [-0.15, -0.1) is 0 Å². The van der Waals surface area contributed by atoms with Gasteiger partial charge < -0.3 is 10.6 Å². The third-order valence-corrected chi connectivity index (χ3v) is 2.98. The Bertz CT molecular complexity index is 351. The lowest BCUT2D eigenvalue weighted by molar-refractivity contribution is -0.120. The largest absolute Gasteiger partial charge is 0.355 e. The van der Waals surface area contributed by atoms with Crippen LogP contribution in [0.3, 0.4) is 0 Å². The summed E-state index contributed by atoms with van der Waals surface area (Å²) in [4.78, 5) is 11.3. The van der Waals surface area contributed by atoms with Crippen LogP contribution in [-0.2, 0) is 17.6 Å². The molecule has 0 atom stereocenters. The summed E-state index contributed by atoms with van der Waals surface area (Å²) in [6, 6.07) is 8.91. The summed E-state index contributed by atoms with van der Waals surface area (Å²) in [5, 5.41) is 6.09. The van der Waals surface area contributed by atoms with Crippen LogP contribution >= 0.6 is 0 Å². The van der Waals surface area contributed by atoms with Crippen molar-refractivity contribution in [2.75, 3.05) is 13.1 Å². The highest BCUT2D eigenvalue weighted by Gasteiger charge is 2.20. The summed E-state index contributed by atoms with van der Waals surface area (Å²) in [7, 11) is 0. The Kier molecular flexibility index (Phi) is 3.57. The van der Waals surface area contributed by atoms with Crippen LogP contribution in [0.1, 0.15) is 18.1 Å². The molecule has 1 aliphatic rings. The lowest BCUT2D eigenvalue weighted by atomic mass is 10.1. The van der Waals surface area contributed by atoms with Crippen molar-refractivity contribution >= 4 is 5.91 Å². The van der Waals surface area contributed by atoms with Crippen molar-refractivity contribution in [3.8, 4) is 0 Å². The average molecular weight is 218 g/mol. The number of rotatable bonds is 4. The van der Waals surface area contributed by atoms with Crippen molar-refractivity contribution < 1.29 is 4.79 Å². The van der Waals surface area contributed by atoms with Crippen LogP contribution in [-0.4, -0.2) is 25.0 Å². The van der Waals surface area contributed by atoms with E-state index in [1.54, 1.807) is 0 Å². The van der Waals surface area contributed by atoms with Gasteiger partial charge in [-0.05, 0) is 30.9 Å². The Morgan fingerprint density at radius 1 is 1.31 bits per heavy atom. The lowest BCUT2D eigenvalue weighted by Crippen LogP contribution is -2.39. The first-order chi connectivity index (χ1) is 7.79. The molecule has 0 aliphatic heterocycles. The zero-order valence-electron chi connectivity index (χ0n) is 9.62. The molecule has 0 heterocycles. The van der Waals surface area contributed by atoms with Crippen molar-refractivity contribution in [2.24, 2.45) is 0 Å². The maximum absolute atomic E-state index is 11.3. The van der Waals surface area contributed by atoms with Crippen LogP contribution < -0.4 is 10.6 Å². The standard InChI is InChI=1S/C13H18N2O/c1-2-14-13(16)9-15-12-7-10-5-3-4-6-11(10)8-12/h3-6,12,15H,2,7-9H2,1H3,(H,14,16). The van der Waals surface area contributed by atoms with Gasteiger partial charge in [0.1, 0.15) is 0 Å². The van der Waals surface area contributed by atoms with Crippen molar-refractivity contribution in [3.63, 3.8) is 0 Å². The molecule has 3 nitrogen and oxygen atoms in total. The summed E-state index contributed by atoms with van der Waals surface area (Å²) in [5.41, 5.74) is 2.83. The van der Waals surface area contributed by atoms with E-state index in [2.05, 4.69) is 34.9 Å². The van der Waals surface area contributed by atoms with Gasteiger partial charge in [-0.3, -0.25) is 4.79 Å². The molecular formula is C13H18N2O. The summed E-state index contributed by atoms with van der Waals surface area (Å²) < 4.78 is 0. The van der Waals surface area contributed by atoms with E-state index in [1.165, 1.54) is 11.1 Å². The Labute approximate surface area is 96.2 Å². The van der Waals surface area contributed by atoms with E-state index in [-0.39, 0.29) is 5.91 Å². The number of hydrogen-bond acceptors (Lipinski definition) is 2. The van der Waals surface area contributed by atoms with Crippen LogP contribution in [0.5, 0.6) is 0 Å². The molecular weight excluding hydrogens is 200 g/mol. The molecule has 3 heteroatoms. The first kappa shape index (κ1) is 11.1. The second kappa shape index (κ2) is 5.12. The Morgan fingerprint density at radius 3 is 2.50 bits per heavy atom. The zero-order chi connectivity index (χ0) is 11.4. The molecule has 1 aliphatic carbocycles. The molecule has 1 aromatic rings. The third kappa shape index (κ3) is 2.61. The molecule has 0 radical (unpaired) electrons. The summed E-state index contributed by atoms with van der Waals surface area (Å²) in [6.45, 7) is 3.06. The van der Waals surface area contributed by atoms with E-state index in [9.17, 15) is 4.79 Å². The van der Waals surface area contributed by atoms with Gasteiger partial charge in [-0.2, -0.15) is 0 Å². The number of carbonyl (C=O) groups is 1. The molecule has 16 heavy (non-hydrogen) atoms. The van der Waals surface area contributed by atoms with Gasteiger partial charge in [-0.1, -0.05) is 24.3 Å². The lowest BCUT2D eigenvalue weighted by Gasteiger charge is -2.11. The van der Waals surface area contributed by atoms with Crippen molar-refractivity contribution in [2.45, 2.75) is 25.8 Å². The third-order valence-electron chi connectivity index (χ3n) is 2.98. The van der Waals surface area contributed by atoms with E-state index in [0.717, 1.165) is 12.8 Å². The smallest absolute Gasteiger partial charge is 0.233 e. The van der Waals surface area contributed by atoms with Crippen LogP contribution in [0, 0.1) is 0 Å². The van der Waals surface area contributed by atoms with Crippen LogP contribution in [0.25, 0.3) is 0 Å². The fraction of sp³-hybridized carbons (Fsp3) is 0.462. The molecule has 0 fully saturated rings. The second-order valence-electron chi connectivity index (χ2n) is 4.21. The molecule has 0 bridgehead atoms. The minimum atomic E-state index is 0.0819. The summed E-state index contributed by atoms with van der Waals surface area (Å²) in [5.74, 6) is 0.0819. The Morgan fingerprint density at radius 2 is 1.94 bits per heavy atom. The molecule has 2 N–H and O–H groups in total. The molecule has 1 aromatic carbocycles. The first-order valence-electron chi connectivity index (χ1n) is 5.86. The molecule has 0 spiro atoms. The van der Waals surface area contributed by atoms with Gasteiger partial charge in [0.2, 0.25) is 5.91 Å². The molecule has 0 aromatic heterocycles. The molecule has 2 rings (SSSR count). The highest BCUT2D eigenvalue weighted by molar-refractivity contribution is 5.77. The molecule has 0 saturated carbocycles. The molecule has 0 unspecified atom stereocenters. The minimum absolute atomic E-state index is 0.0819. The van der Waals surface area contributed by atoms with E-state index in [0.29, 0.717) is 19.1 Å². The van der Waals surface area contributed by atoms with Gasteiger partial charge in [0.05, 0.1) is 6.54 Å². The van der Waals surface area contributed by atoms with Gasteiger partial charge in [-0.25, -0.2) is 0 Å². The number of fused-ring (bicyclic) bond motifs is 1. The second-order valence-corrected chi connectivity index (χ2v) is 4.21. The normalized spacial score (nSPS) is 14.8. The summed E-state index contributed by atoms with van der Waals surface area (Å²) in [6.07, 6.45) is 2.07. The van der Waals surface area contributed by atoms with Gasteiger partial charge in [0.25, 0.3) is 0 Å². The number of benzene rings is 1. The van der Waals surface area contributed by atoms with Gasteiger partial charge in [0, 0.05) is 12.6 Å². The van der Waals surface area contributed by atoms with Crippen molar-refractivity contribution in [1.82, 2.24) is 10.6 Å². The highest BCUT2D eigenvalue weighted by Crippen LogP contribution is 2.21. The minimum Gasteiger partial charge on any atom is -0.355 e. The number of carbonyl (C=O) groups excluding carboxylic acids is 1. The quantitative estimate of drug-likeness (QED) is 0.787. The monoisotopic (exact) mass is 218 g/mol. The van der Waals surface area contributed by atoms with Gasteiger partial charge in [0.15, 0.2) is 0 Å².